The van der Waals surface area contributed by atoms with Crippen molar-refractivity contribution < 1.29 is 14.3 Å². The summed E-state index contributed by atoms with van der Waals surface area (Å²) in [7, 11) is 0. The molecular weight excluding hydrogens is 280 g/mol. The highest BCUT2D eigenvalue weighted by atomic mass is 35.5. The van der Waals surface area contributed by atoms with Crippen LogP contribution in [0.15, 0.2) is 24.3 Å². The number of benzene rings is 1. The second kappa shape index (κ2) is 10.1. The molecule has 6 heteroatoms. The number of halogens is 1. The fourth-order valence-corrected chi connectivity index (χ4v) is 1.58. The van der Waals surface area contributed by atoms with E-state index in [4.69, 9.17) is 10.5 Å². The topological polar surface area (TPSA) is 81.4 Å². The van der Waals surface area contributed by atoms with Crippen LogP contribution in [0, 0.1) is 0 Å². The van der Waals surface area contributed by atoms with Gasteiger partial charge in [-0.15, -0.1) is 12.4 Å². The molecule has 0 radical (unpaired) electrons. The lowest BCUT2D eigenvalue weighted by atomic mass is 10.1. The zero-order valence-electron chi connectivity index (χ0n) is 11.6. The number of rotatable bonds is 7. The van der Waals surface area contributed by atoms with Crippen molar-refractivity contribution in [1.29, 1.82) is 0 Å². The molecule has 20 heavy (non-hydrogen) atoms. The van der Waals surface area contributed by atoms with Gasteiger partial charge in [0.2, 0.25) is 5.91 Å². The lowest BCUT2D eigenvalue weighted by molar-refractivity contribution is -0.143. The smallest absolute Gasteiger partial charge is 0.305 e. The molecule has 0 heterocycles. The molecule has 1 amide bonds. The van der Waals surface area contributed by atoms with Crippen molar-refractivity contribution in [2.75, 3.05) is 18.9 Å². The third-order valence-corrected chi connectivity index (χ3v) is 2.53. The Morgan fingerprint density at radius 2 is 1.90 bits per heavy atom. The van der Waals surface area contributed by atoms with Gasteiger partial charge in [0.25, 0.3) is 0 Å². The number of carbonyl (C=O) groups excluding carboxylic acids is 2. The summed E-state index contributed by atoms with van der Waals surface area (Å²) in [5, 5.41) is 2.77. The highest BCUT2D eigenvalue weighted by Crippen LogP contribution is 2.05. The molecule has 0 saturated heterocycles. The van der Waals surface area contributed by atoms with Gasteiger partial charge in [-0.25, -0.2) is 0 Å². The maximum absolute atomic E-state index is 11.6. The minimum atomic E-state index is -0.227. The Labute approximate surface area is 125 Å². The van der Waals surface area contributed by atoms with E-state index in [0.29, 0.717) is 38.1 Å². The van der Waals surface area contributed by atoms with Gasteiger partial charge in [-0.05, 0) is 31.0 Å². The van der Waals surface area contributed by atoms with Crippen LogP contribution < -0.4 is 11.1 Å². The summed E-state index contributed by atoms with van der Waals surface area (Å²) in [5.41, 5.74) is 7.16. The Kier molecular flexibility index (Phi) is 9.20. The van der Waals surface area contributed by atoms with Gasteiger partial charge in [-0.1, -0.05) is 12.1 Å². The summed E-state index contributed by atoms with van der Waals surface area (Å²) in [6.45, 7) is 2.64. The number of carbonyl (C=O) groups is 2. The largest absolute Gasteiger partial charge is 0.466 e. The monoisotopic (exact) mass is 300 g/mol. The molecule has 1 rings (SSSR count). The molecule has 3 N–H and O–H groups in total. The SMILES string of the molecule is CCOC(=O)CCCNC(=O)Cc1ccc(N)cc1.Cl. The summed E-state index contributed by atoms with van der Waals surface area (Å²) >= 11 is 0. The Bertz CT molecular complexity index is 421. The molecule has 0 bridgehead atoms. The Morgan fingerprint density at radius 3 is 2.50 bits per heavy atom. The molecule has 5 nitrogen and oxygen atoms in total. The normalized spacial score (nSPS) is 9.45. The lowest BCUT2D eigenvalue weighted by Gasteiger charge is -2.05. The second-order valence-corrected chi connectivity index (χ2v) is 4.18. The van der Waals surface area contributed by atoms with E-state index in [1.165, 1.54) is 0 Å². The van der Waals surface area contributed by atoms with Crippen molar-refractivity contribution in [2.45, 2.75) is 26.2 Å². The van der Waals surface area contributed by atoms with E-state index in [9.17, 15) is 9.59 Å². The van der Waals surface area contributed by atoms with Crippen molar-refractivity contribution >= 4 is 30.0 Å². The number of anilines is 1. The minimum absolute atomic E-state index is 0. The maximum Gasteiger partial charge on any atom is 0.305 e. The van der Waals surface area contributed by atoms with Crippen LogP contribution in [-0.2, 0) is 20.7 Å². The molecule has 0 spiro atoms. The van der Waals surface area contributed by atoms with Crippen LogP contribution in [0.2, 0.25) is 0 Å². The Morgan fingerprint density at radius 1 is 1.25 bits per heavy atom. The van der Waals surface area contributed by atoms with Gasteiger partial charge in [-0.2, -0.15) is 0 Å². The van der Waals surface area contributed by atoms with E-state index < -0.39 is 0 Å². The molecule has 0 aliphatic rings. The average molecular weight is 301 g/mol. The Hall–Kier alpha value is -1.75. The van der Waals surface area contributed by atoms with Crippen LogP contribution in [0.4, 0.5) is 5.69 Å². The first kappa shape index (κ1) is 18.2. The van der Waals surface area contributed by atoms with Gasteiger partial charge in [0, 0.05) is 18.7 Å². The van der Waals surface area contributed by atoms with Crippen molar-refractivity contribution in [2.24, 2.45) is 0 Å². The number of nitrogen functional groups attached to an aromatic ring is 1. The molecule has 0 aliphatic heterocycles. The van der Waals surface area contributed by atoms with Crippen LogP contribution in [0.1, 0.15) is 25.3 Å². The van der Waals surface area contributed by atoms with Gasteiger partial charge in [0.15, 0.2) is 0 Å². The molecule has 0 unspecified atom stereocenters. The van der Waals surface area contributed by atoms with E-state index in [0.717, 1.165) is 5.56 Å². The zero-order valence-corrected chi connectivity index (χ0v) is 12.4. The second-order valence-electron chi connectivity index (χ2n) is 4.18. The fourth-order valence-electron chi connectivity index (χ4n) is 1.58. The molecule has 0 saturated carbocycles. The van der Waals surface area contributed by atoms with E-state index in [1.807, 2.05) is 12.1 Å². The minimum Gasteiger partial charge on any atom is -0.466 e. The van der Waals surface area contributed by atoms with Crippen LogP contribution in [0.25, 0.3) is 0 Å². The third-order valence-electron chi connectivity index (χ3n) is 2.53. The fraction of sp³-hybridized carbons (Fsp3) is 0.429. The van der Waals surface area contributed by atoms with E-state index >= 15 is 0 Å². The summed E-state index contributed by atoms with van der Waals surface area (Å²) < 4.78 is 4.79. The van der Waals surface area contributed by atoms with Crippen LogP contribution in [0.5, 0.6) is 0 Å². The lowest BCUT2D eigenvalue weighted by Crippen LogP contribution is -2.26. The van der Waals surface area contributed by atoms with E-state index in [-0.39, 0.29) is 24.3 Å². The summed E-state index contributed by atoms with van der Waals surface area (Å²) in [6.07, 6.45) is 1.24. The Balaban J connectivity index is 0.00000361. The third kappa shape index (κ3) is 7.63. The first-order valence-corrected chi connectivity index (χ1v) is 6.38. The van der Waals surface area contributed by atoms with Crippen LogP contribution in [-0.4, -0.2) is 25.0 Å². The van der Waals surface area contributed by atoms with Gasteiger partial charge in [0.05, 0.1) is 13.0 Å². The number of hydrogen-bond donors (Lipinski definition) is 2. The maximum atomic E-state index is 11.6. The molecule has 0 fully saturated rings. The van der Waals surface area contributed by atoms with Gasteiger partial charge in [0.1, 0.15) is 0 Å². The van der Waals surface area contributed by atoms with Crippen molar-refractivity contribution in [1.82, 2.24) is 5.32 Å². The zero-order chi connectivity index (χ0) is 14.1. The molecule has 1 aromatic rings. The average Bonchev–Trinajstić information content (AvgIpc) is 2.38. The number of amides is 1. The number of hydrogen-bond acceptors (Lipinski definition) is 4. The van der Waals surface area contributed by atoms with Crippen LogP contribution >= 0.6 is 12.4 Å². The summed E-state index contributed by atoms with van der Waals surface area (Å²) in [5.74, 6) is -0.288. The van der Waals surface area contributed by atoms with Gasteiger partial charge < -0.3 is 15.8 Å². The van der Waals surface area contributed by atoms with Crippen molar-refractivity contribution in [3.63, 3.8) is 0 Å². The molecule has 112 valence electrons. The number of nitrogens with one attached hydrogen (secondary N) is 1. The first-order chi connectivity index (χ1) is 9.11. The van der Waals surface area contributed by atoms with Crippen molar-refractivity contribution in [3.8, 4) is 0 Å². The number of esters is 1. The molecule has 0 atom stereocenters. The standard InChI is InChI=1S/C14H20N2O3.ClH/c1-2-19-14(18)4-3-9-16-13(17)10-11-5-7-12(15)8-6-11;/h5-8H,2-4,9-10,15H2,1H3,(H,16,17);1H. The van der Waals surface area contributed by atoms with Crippen LogP contribution in [0.3, 0.4) is 0 Å². The number of nitrogens with two attached hydrogens (primary N) is 1. The predicted octanol–water partition coefficient (Wildman–Crippen LogP) is 1.69. The molecule has 0 aromatic heterocycles. The highest BCUT2D eigenvalue weighted by Gasteiger charge is 2.04. The first-order valence-electron chi connectivity index (χ1n) is 6.38. The van der Waals surface area contributed by atoms with Crippen molar-refractivity contribution in [3.05, 3.63) is 29.8 Å². The quantitative estimate of drug-likeness (QED) is 0.456. The highest BCUT2D eigenvalue weighted by molar-refractivity contribution is 5.85. The molecule has 0 aliphatic carbocycles. The summed E-state index contributed by atoms with van der Waals surface area (Å²) in [6, 6.07) is 7.19. The van der Waals surface area contributed by atoms with Gasteiger partial charge >= 0.3 is 5.97 Å². The predicted molar refractivity (Wildman–Crippen MR) is 80.7 cm³/mol. The van der Waals surface area contributed by atoms with Gasteiger partial charge in [-0.3, -0.25) is 9.59 Å². The molecule has 1 aromatic carbocycles. The number of ether oxygens (including phenoxy) is 1. The molecular formula is C14H21ClN2O3. The van der Waals surface area contributed by atoms with E-state index in [1.54, 1.807) is 19.1 Å². The summed E-state index contributed by atoms with van der Waals surface area (Å²) in [4.78, 5) is 22.7. The van der Waals surface area contributed by atoms with E-state index in [2.05, 4.69) is 5.32 Å².